The number of methoxy groups -OCH3 is 2. The number of anilines is 3. The summed E-state index contributed by atoms with van der Waals surface area (Å²) in [6.07, 6.45) is 2.36. The van der Waals surface area contributed by atoms with E-state index in [4.69, 9.17) is 21.1 Å². The molecule has 0 fully saturated rings. The number of nitrogens with one attached hydrogen (secondary N) is 2. The van der Waals surface area contributed by atoms with Crippen LogP contribution in [-0.4, -0.2) is 48.5 Å². The van der Waals surface area contributed by atoms with Gasteiger partial charge in [0.2, 0.25) is 5.95 Å². The van der Waals surface area contributed by atoms with Crippen molar-refractivity contribution >= 4 is 35.0 Å². The van der Waals surface area contributed by atoms with Gasteiger partial charge in [-0.05, 0) is 24.6 Å². The Morgan fingerprint density at radius 2 is 2.17 bits per heavy atom. The second kappa shape index (κ2) is 8.99. The second-order valence-electron chi connectivity index (χ2n) is 4.75. The minimum atomic E-state index is -0.456. The molecule has 24 heavy (non-hydrogen) atoms. The van der Waals surface area contributed by atoms with Crippen molar-refractivity contribution in [2.45, 2.75) is 6.42 Å². The van der Waals surface area contributed by atoms with Crippen molar-refractivity contribution in [2.24, 2.45) is 0 Å². The summed E-state index contributed by atoms with van der Waals surface area (Å²) in [5.74, 6) is 0.377. The minimum absolute atomic E-state index is 0.260. The highest BCUT2D eigenvalue weighted by atomic mass is 35.5. The van der Waals surface area contributed by atoms with Gasteiger partial charge in [-0.25, -0.2) is 4.79 Å². The summed E-state index contributed by atoms with van der Waals surface area (Å²) in [5, 5.41) is 14.3. The summed E-state index contributed by atoms with van der Waals surface area (Å²) < 4.78 is 9.67. The van der Waals surface area contributed by atoms with Crippen LogP contribution >= 0.6 is 11.6 Å². The molecule has 0 aliphatic heterocycles. The average molecular weight is 352 g/mol. The van der Waals surface area contributed by atoms with Gasteiger partial charge in [0.1, 0.15) is 0 Å². The predicted octanol–water partition coefficient (Wildman–Crippen LogP) is 2.50. The zero-order chi connectivity index (χ0) is 17.4. The standard InChI is InChI=1S/C15H18ClN5O3/c1-23-7-3-6-17-13-9-18-21-15(20-13)19-12-8-10(14(22)24-2)4-5-11(12)16/h4-5,8-9H,3,6-7H2,1-2H3,(H2,17,19,20,21). The molecule has 9 heteroatoms. The number of carbonyl (C=O) groups excluding carboxylic acids is 1. The van der Waals surface area contributed by atoms with Gasteiger partial charge in [0.15, 0.2) is 5.82 Å². The summed E-state index contributed by atoms with van der Waals surface area (Å²) in [6, 6.07) is 4.73. The fourth-order valence-corrected chi connectivity index (χ4v) is 2.03. The van der Waals surface area contributed by atoms with Gasteiger partial charge in [-0.1, -0.05) is 11.6 Å². The fraction of sp³-hybridized carbons (Fsp3) is 0.333. The van der Waals surface area contributed by atoms with E-state index >= 15 is 0 Å². The van der Waals surface area contributed by atoms with E-state index in [-0.39, 0.29) is 5.95 Å². The molecule has 2 aromatic rings. The quantitative estimate of drug-likeness (QED) is 0.553. The third-order valence-electron chi connectivity index (χ3n) is 3.02. The first-order chi connectivity index (χ1) is 11.6. The molecular formula is C15H18ClN5O3. The molecule has 0 radical (unpaired) electrons. The van der Waals surface area contributed by atoms with Crippen LogP contribution in [0.1, 0.15) is 16.8 Å². The van der Waals surface area contributed by atoms with Gasteiger partial charge in [0.05, 0.1) is 29.6 Å². The third-order valence-corrected chi connectivity index (χ3v) is 3.35. The van der Waals surface area contributed by atoms with Gasteiger partial charge in [0, 0.05) is 20.3 Å². The molecule has 0 saturated heterocycles. The topological polar surface area (TPSA) is 98.3 Å². The number of hydrogen-bond donors (Lipinski definition) is 2. The van der Waals surface area contributed by atoms with Gasteiger partial charge in [0.25, 0.3) is 0 Å². The fourth-order valence-electron chi connectivity index (χ4n) is 1.86. The van der Waals surface area contributed by atoms with Crippen molar-refractivity contribution in [3.05, 3.63) is 35.0 Å². The number of nitrogens with zero attached hydrogens (tertiary/aromatic N) is 3. The molecule has 0 bridgehead atoms. The number of carbonyl (C=O) groups is 1. The summed E-state index contributed by atoms with van der Waals surface area (Å²) in [4.78, 5) is 15.9. The minimum Gasteiger partial charge on any atom is -0.465 e. The van der Waals surface area contributed by atoms with Gasteiger partial charge in [-0.15, -0.1) is 5.10 Å². The first kappa shape index (κ1) is 17.9. The highest BCUT2D eigenvalue weighted by Gasteiger charge is 2.10. The van der Waals surface area contributed by atoms with Gasteiger partial charge in [-0.2, -0.15) is 10.1 Å². The Labute approximate surface area is 144 Å². The maximum atomic E-state index is 11.6. The number of ether oxygens (including phenoxy) is 2. The molecule has 0 aliphatic rings. The Hall–Kier alpha value is -2.45. The summed E-state index contributed by atoms with van der Waals surface area (Å²) in [5.41, 5.74) is 0.851. The summed E-state index contributed by atoms with van der Waals surface area (Å²) in [6.45, 7) is 1.36. The predicted molar refractivity (Wildman–Crippen MR) is 90.9 cm³/mol. The number of esters is 1. The van der Waals surface area contributed by atoms with E-state index in [0.29, 0.717) is 35.2 Å². The smallest absolute Gasteiger partial charge is 0.337 e. The van der Waals surface area contributed by atoms with E-state index in [1.807, 2.05) is 0 Å². The molecule has 1 aromatic heterocycles. The molecule has 0 spiro atoms. The van der Waals surface area contributed by atoms with E-state index in [2.05, 4.69) is 25.8 Å². The van der Waals surface area contributed by atoms with Crippen LogP contribution in [0.25, 0.3) is 0 Å². The molecular weight excluding hydrogens is 334 g/mol. The Morgan fingerprint density at radius 3 is 2.92 bits per heavy atom. The summed E-state index contributed by atoms with van der Waals surface area (Å²) in [7, 11) is 2.97. The van der Waals surface area contributed by atoms with Gasteiger partial charge < -0.3 is 20.1 Å². The summed E-state index contributed by atoms with van der Waals surface area (Å²) >= 11 is 6.13. The number of rotatable bonds is 8. The number of hydrogen-bond acceptors (Lipinski definition) is 8. The van der Waals surface area contributed by atoms with Crippen LogP contribution in [0.2, 0.25) is 5.02 Å². The maximum absolute atomic E-state index is 11.6. The number of halogens is 1. The monoisotopic (exact) mass is 351 g/mol. The van der Waals surface area contributed by atoms with E-state index in [1.165, 1.54) is 13.3 Å². The first-order valence-electron chi connectivity index (χ1n) is 7.21. The van der Waals surface area contributed by atoms with Crippen LogP contribution in [0.3, 0.4) is 0 Å². The van der Waals surface area contributed by atoms with Crippen molar-refractivity contribution in [3.63, 3.8) is 0 Å². The zero-order valence-corrected chi connectivity index (χ0v) is 14.1. The molecule has 0 saturated carbocycles. The molecule has 0 amide bonds. The van der Waals surface area contributed by atoms with Crippen molar-refractivity contribution in [1.82, 2.24) is 15.2 Å². The highest BCUT2D eigenvalue weighted by Crippen LogP contribution is 2.25. The van der Waals surface area contributed by atoms with Crippen molar-refractivity contribution < 1.29 is 14.3 Å². The van der Waals surface area contributed by atoms with E-state index in [9.17, 15) is 4.79 Å². The Bertz CT molecular complexity index is 699. The van der Waals surface area contributed by atoms with E-state index in [1.54, 1.807) is 25.3 Å². The van der Waals surface area contributed by atoms with Crippen LogP contribution in [-0.2, 0) is 9.47 Å². The highest BCUT2D eigenvalue weighted by molar-refractivity contribution is 6.33. The Kier molecular flexibility index (Phi) is 6.71. The Balaban J connectivity index is 2.09. The molecule has 0 unspecified atom stereocenters. The number of aromatic nitrogens is 3. The molecule has 1 heterocycles. The van der Waals surface area contributed by atoms with Crippen LogP contribution in [0, 0.1) is 0 Å². The van der Waals surface area contributed by atoms with Crippen molar-refractivity contribution in [1.29, 1.82) is 0 Å². The molecule has 8 nitrogen and oxygen atoms in total. The maximum Gasteiger partial charge on any atom is 0.337 e. The van der Waals surface area contributed by atoms with Crippen molar-refractivity contribution in [2.75, 3.05) is 38.0 Å². The van der Waals surface area contributed by atoms with Gasteiger partial charge in [-0.3, -0.25) is 0 Å². The lowest BCUT2D eigenvalue weighted by molar-refractivity contribution is 0.0601. The van der Waals surface area contributed by atoms with Crippen LogP contribution in [0.5, 0.6) is 0 Å². The lowest BCUT2D eigenvalue weighted by atomic mass is 10.2. The van der Waals surface area contributed by atoms with Crippen LogP contribution in [0.15, 0.2) is 24.4 Å². The molecule has 2 rings (SSSR count). The second-order valence-corrected chi connectivity index (χ2v) is 5.16. The first-order valence-corrected chi connectivity index (χ1v) is 7.59. The molecule has 0 atom stereocenters. The molecule has 128 valence electrons. The van der Waals surface area contributed by atoms with Crippen molar-refractivity contribution in [3.8, 4) is 0 Å². The SMILES string of the molecule is COCCCNc1cnnc(Nc2cc(C(=O)OC)ccc2Cl)n1. The Morgan fingerprint density at radius 1 is 1.33 bits per heavy atom. The van der Waals surface area contributed by atoms with Crippen LogP contribution in [0.4, 0.5) is 17.5 Å². The van der Waals surface area contributed by atoms with Gasteiger partial charge >= 0.3 is 5.97 Å². The molecule has 2 N–H and O–H groups in total. The third kappa shape index (κ3) is 5.04. The zero-order valence-electron chi connectivity index (χ0n) is 13.4. The average Bonchev–Trinajstić information content (AvgIpc) is 2.60. The molecule has 1 aromatic carbocycles. The largest absolute Gasteiger partial charge is 0.465 e. The van der Waals surface area contributed by atoms with E-state index < -0.39 is 5.97 Å². The molecule has 0 aliphatic carbocycles. The van der Waals surface area contributed by atoms with E-state index in [0.717, 1.165) is 6.42 Å². The number of benzene rings is 1. The lowest BCUT2D eigenvalue weighted by Crippen LogP contribution is -2.09. The van der Waals surface area contributed by atoms with Crippen LogP contribution < -0.4 is 10.6 Å². The lowest BCUT2D eigenvalue weighted by Gasteiger charge is -2.09. The normalized spacial score (nSPS) is 10.3.